The maximum Gasteiger partial charge on any atom is 3.00 e. The Balaban J connectivity index is -0.0000000335. The first-order valence-corrected chi connectivity index (χ1v) is 5.39. The van der Waals surface area contributed by atoms with Gasteiger partial charge in [-0.15, -0.1) is 0 Å². The molecule has 0 amide bonds. The van der Waals surface area contributed by atoms with Crippen molar-refractivity contribution < 1.29 is 68.3 Å². The van der Waals surface area contributed by atoms with Crippen LogP contribution in [0.15, 0.2) is 0 Å². The molecule has 0 atom stereocenters. The first kappa shape index (κ1) is 36.8. The predicted molar refractivity (Wildman–Crippen MR) is 65.4 cm³/mol. The molecule has 0 bridgehead atoms. The summed E-state index contributed by atoms with van der Waals surface area (Å²) in [7, 11) is 1.98. The summed E-state index contributed by atoms with van der Waals surface area (Å²) in [4.78, 5) is 0. The third-order valence-electron chi connectivity index (χ3n) is 2.44. The van der Waals surface area contributed by atoms with E-state index < -0.39 is 0 Å². The fourth-order valence-corrected chi connectivity index (χ4v) is 0.354. The van der Waals surface area contributed by atoms with Gasteiger partial charge < -0.3 is 67.7 Å². The van der Waals surface area contributed by atoms with Crippen LogP contribution in [0.5, 0.6) is 0 Å². The first-order chi connectivity index (χ1) is 6.16. The zero-order chi connectivity index (χ0) is 11.8. The Hall–Kier alpha value is 1.85. The molecule has 5 N–H and O–H groups in total. The Labute approximate surface area is 156 Å². The fraction of sp³-hybridized carbons (Fsp3) is 1.00. The number of hydrogen-bond donors (Lipinski definition) is 3. The second-order valence-corrected chi connectivity index (χ2v) is 4.90. The predicted octanol–water partition coefficient (Wildman–Crippen LogP) is -7.52. The minimum atomic E-state index is -0.285. The van der Waals surface area contributed by atoms with Crippen LogP contribution in [-0.2, 0) is 17.4 Å². The van der Waals surface area contributed by atoms with E-state index in [-0.39, 0.29) is 79.4 Å². The van der Waals surface area contributed by atoms with Gasteiger partial charge in [-0.2, -0.15) is 0 Å². The van der Waals surface area contributed by atoms with Crippen molar-refractivity contribution in [2.24, 2.45) is 11.5 Å². The largest absolute Gasteiger partial charge is 3.00 e. The molecule has 0 heterocycles. The number of unbranched alkanes of at least 4 members (excludes halogenated alkanes) is 1. The van der Waals surface area contributed by atoms with Crippen molar-refractivity contribution in [1.82, 2.24) is 5.32 Å². The van der Waals surface area contributed by atoms with Gasteiger partial charge in [-0.25, -0.2) is 0 Å². The van der Waals surface area contributed by atoms with Crippen LogP contribution in [0.1, 0.15) is 47.5 Å². The number of nitrogens with two attached hydrogens (primary N) is 2. The zero-order valence-corrected chi connectivity index (χ0v) is 18.4. The van der Waals surface area contributed by atoms with E-state index in [9.17, 15) is 0 Å². The molecule has 3 nitrogen and oxygen atoms in total. The van der Waals surface area contributed by atoms with Crippen molar-refractivity contribution in [3.8, 4) is 0 Å². The Kier molecular flexibility index (Phi) is 38.5. The normalized spacial score (nSPS) is 9.33. The zero-order valence-electron chi connectivity index (χ0n) is 12.3. The molecule has 0 aliphatic heterocycles. The molecule has 0 rings (SSSR count). The van der Waals surface area contributed by atoms with Gasteiger partial charge in [0, 0.05) is 11.1 Å². The standard InChI is InChI=1S/C6H16N2.C5H13N.3BrH.Cr/c1-5(2,7)6(3,4)8;1-3-4-5-6-2;;;;/h7-8H2,1-4H3;6H,3-5H2,1-2H3;3*1H;/q;;;;;+3/p-3. The molecule has 18 heavy (non-hydrogen) atoms. The van der Waals surface area contributed by atoms with Crippen LogP contribution >= 0.6 is 0 Å². The van der Waals surface area contributed by atoms with Crippen LogP contribution in [0.25, 0.3) is 0 Å². The molecular weight excluding hydrogens is 466 g/mol. The van der Waals surface area contributed by atoms with Crippen LogP contribution < -0.4 is 67.7 Å². The Bertz CT molecular complexity index is 120. The quantitative estimate of drug-likeness (QED) is 0.340. The van der Waals surface area contributed by atoms with Crippen LogP contribution in [0, 0.1) is 0 Å². The van der Waals surface area contributed by atoms with E-state index in [4.69, 9.17) is 11.5 Å². The number of halogens is 3. The van der Waals surface area contributed by atoms with Crippen molar-refractivity contribution in [2.75, 3.05) is 13.6 Å². The van der Waals surface area contributed by atoms with Gasteiger partial charge in [0.15, 0.2) is 0 Å². The van der Waals surface area contributed by atoms with Gasteiger partial charge in [0.25, 0.3) is 0 Å². The number of rotatable bonds is 4. The molecule has 1 radical (unpaired) electrons. The Morgan fingerprint density at radius 1 is 0.889 bits per heavy atom. The second kappa shape index (κ2) is 18.9. The smallest absolute Gasteiger partial charge is 1.00 e. The second-order valence-electron chi connectivity index (χ2n) is 4.90. The molecule has 115 valence electrons. The van der Waals surface area contributed by atoms with Crippen molar-refractivity contribution in [3.63, 3.8) is 0 Å². The van der Waals surface area contributed by atoms with E-state index >= 15 is 0 Å². The maximum atomic E-state index is 5.69. The minimum Gasteiger partial charge on any atom is -1.00 e. The summed E-state index contributed by atoms with van der Waals surface area (Å²) in [5, 5.41) is 3.07. The molecule has 0 aromatic carbocycles. The van der Waals surface area contributed by atoms with Gasteiger partial charge >= 0.3 is 17.4 Å². The fourth-order valence-electron chi connectivity index (χ4n) is 0.354. The summed E-state index contributed by atoms with van der Waals surface area (Å²) in [6.07, 6.45) is 2.59. The van der Waals surface area contributed by atoms with Crippen molar-refractivity contribution in [3.05, 3.63) is 0 Å². The first-order valence-electron chi connectivity index (χ1n) is 5.39. The van der Waals surface area contributed by atoms with Gasteiger partial charge in [0.1, 0.15) is 0 Å². The SMILES string of the molecule is CC(C)(N)C(C)(C)N.CCCCNC.[Br-].[Br-].[Br-].[Cr+3]. The molecule has 0 unspecified atom stereocenters. The van der Waals surface area contributed by atoms with E-state index in [0.717, 1.165) is 6.54 Å². The Morgan fingerprint density at radius 2 is 1.17 bits per heavy atom. The van der Waals surface area contributed by atoms with Crippen LogP contribution in [0.4, 0.5) is 0 Å². The maximum absolute atomic E-state index is 5.69. The molecule has 0 fully saturated rings. The Morgan fingerprint density at radius 3 is 1.22 bits per heavy atom. The third kappa shape index (κ3) is 26.4. The average molecular weight is 495 g/mol. The number of nitrogens with one attached hydrogen (secondary N) is 1. The summed E-state index contributed by atoms with van der Waals surface area (Å²) < 4.78 is 0. The van der Waals surface area contributed by atoms with Gasteiger partial charge in [-0.05, 0) is 47.7 Å². The molecule has 0 saturated carbocycles. The third-order valence-corrected chi connectivity index (χ3v) is 2.44. The molecule has 0 aliphatic carbocycles. The molecular formula is C11H29Br3CrN3. The summed E-state index contributed by atoms with van der Waals surface area (Å²) in [6, 6.07) is 0. The van der Waals surface area contributed by atoms with Crippen molar-refractivity contribution >= 4 is 0 Å². The van der Waals surface area contributed by atoms with E-state index in [0.29, 0.717) is 0 Å². The van der Waals surface area contributed by atoms with Gasteiger partial charge in [0.05, 0.1) is 0 Å². The summed E-state index contributed by atoms with van der Waals surface area (Å²) in [5.41, 5.74) is 10.8. The van der Waals surface area contributed by atoms with Gasteiger partial charge in [0.2, 0.25) is 0 Å². The molecule has 0 aromatic heterocycles. The summed E-state index contributed by atoms with van der Waals surface area (Å²) >= 11 is 0. The van der Waals surface area contributed by atoms with E-state index in [2.05, 4.69) is 12.2 Å². The number of hydrogen-bond acceptors (Lipinski definition) is 3. The molecule has 0 spiro atoms. The summed E-state index contributed by atoms with van der Waals surface area (Å²) in [6.45, 7) is 11.0. The van der Waals surface area contributed by atoms with Crippen LogP contribution in [0.3, 0.4) is 0 Å². The van der Waals surface area contributed by atoms with Gasteiger partial charge in [-0.3, -0.25) is 0 Å². The van der Waals surface area contributed by atoms with E-state index in [1.807, 2.05) is 34.7 Å². The summed E-state index contributed by atoms with van der Waals surface area (Å²) in [5.74, 6) is 0. The van der Waals surface area contributed by atoms with Crippen LogP contribution in [0.2, 0.25) is 0 Å². The van der Waals surface area contributed by atoms with Crippen LogP contribution in [-0.4, -0.2) is 24.7 Å². The van der Waals surface area contributed by atoms with E-state index in [1.54, 1.807) is 0 Å². The monoisotopic (exact) mass is 492 g/mol. The van der Waals surface area contributed by atoms with Crippen molar-refractivity contribution in [2.45, 2.75) is 58.5 Å². The van der Waals surface area contributed by atoms with Gasteiger partial charge in [-0.1, -0.05) is 13.3 Å². The minimum absolute atomic E-state index is 0. The molecule has 0 saturated heterocycles. The van der Waals surface area contributed by atoms with E-state index in [1.165, 1.54) is 12.8 Å². The molecule has 7 heteroatoms. The van der Waals surface area contributed by atoms with Crippen molar-refractivity contribution in [1.29, 1.82) is 0 Å². The average Bonchev–Trinajstić information content (AvgIpc) is 1.98. The molecule has 0 aliphatic rings. The topological polar surface area (TPSA) is 64.1 Å². The molecule has 0 aromatic rings.